The number of hydrogen-bond acceptors (Lipinski definition) is 4. The SMILES string of the molecule is COCCn1cncc1CN1C(=O)OC[C@@H]1C(C)C. The number of hydrogen-bond donors (Lipinski definition) is 0. The zero-order chi connectivity index (χ0) is 13.8. The Hall–Kier alpha value is -1.56. The highest BCUT2D eigenvalue weighted by molar-refractivity contribution is 5.70. The quantitative estimate of drug-likeness (QED) is 0.784. The van der Waals surface area contributed by atoms with Gasteiger partial charge in [0, 0.05) is 19.9 Å². The fourth-order valence-corrected chi connectivity index (χ4v) is 2.24. The fraction of sp³-hybridized carbons (Fsp3) is 0.692. The summed E-state index contributed by atoms with van der Waals surface area (Å²) in [7, 11) is 1.67. The molecule has 2 heterocycles. The number of cyclic esters (lactones) is 1. The predicted octanol–water partition coefficient (Wildman–Crippen LogP) is 1.51. The van der Waals surface area contributed by atoms with E-state index in [4.69, 9.17) is 9.47 Å². The summed E-state index contributed by atoms with van der Waals surface area (Å²) in [5.41, 5.74) is 1.00. The number of imidazole rings is 1. The van der Waals surface area contributed by atoms with Crippen LogP contribution in [0.15, 0.2) is 12.5 Å². The van der Waals surface area contributed by atoms with Crippen LogP contribution in [0.5, 0.6) is 0 Å². The van der Waals surface area contributed by atoms with Gasteiger partial charge in [-0.2, -0.15) is 0 Å². The molecule has 0 aromatic carbocycles. The van der Waals surface area contributed by atoms with Gasteiger partial charge in [-0.3, -0.25) is 4.90 Å². The Labute approximate surface area is 113 Å². The molecule has 0 aliphatic carbocycles. The minimum atomic E-state index is -0.238. The molecule has 6 heteroatoms. The number of ether oxygens (including phenoxy) is 2. The normalized spacial score (nSPS) is 19.3. The van der Waals surface area contributed by atoms with Crippen molar-refractivity contribution in [2.75, 3.05) is 20.3 Å². The van der Waals surface area contributed by atoms with E-state index in [2.05, 4.69) is 18.8 Å². The van der Waals surface area contributed by atoms with E-state index in [0.717, 1.165) is 12.2 Å². The van der Waals surface area contributed by atoms with Crippen molar-refractivity contribution in [2.45, 2.75) is 33.0 Å². The van der Waals surface area contributed by atoms with E-state index < -0.39 is 0 Å². The van der Waals surface area contributed by atoms with Crippen molar-refractivity contribution in [3.05, 3.63) is 18.2 Å². The van der Waals surface area contributed by atoms with Crippen molar-refractivity contribution >= 4 is 6.09 Å². The number of methoxy groups -OCH3 is 1. The van der Waals surface area contributed by atoms with Crippen LogP contribution in [-0.4, -0.2) is 46.9 Å². The van der Waals surface area contributed by atoms with Crippen LogP contribution in [-0.2, 0) is 22.6 Å². The highest BCUT2D eigenvalue weighted by atomic mass is 16.6. The molecule has 1 saturated heterocycles. The lowest BCUT2D eigenvalue weighted by Crippen LogP contribution is -2.37. The summed E-state index contributed by atoms with van der Waals surface area (Å²) in [6.07, 6.45) is 3.32. The van der Waals surface area contributed by atoms with Crippen LogP contribution in [0, 0.1) is 5.92 Å². The van der Waals surface area contributed by atoms with Gasteiger partial charge in [-0.1, -0.05) is 13.8 Å². The fourth-order valence-electron chi connectivity index (χ4n) is 2.24. The summed E-state index contributed by atoms with van der Waals surface area (Å²) in [5.74, 6) is 0.377. The van der Waals surface area contributed by atoms with Crippen molar-refractivity contribution in [2.24, 2.45) is 5.92 Å². The molecule has 1 aliphatic heterocycles. The molecule has 6 nitrogen and oxygen atoms in total. The van der Waals surface area contributed by atoms with Gasteiger partial charge in [-0.15, -0.1) is 0 Å². The Morgan fingerprint density at radius 3 is 3.05 bits per heavy atom. The summed E-state index contributed by atoms with van der Waals surface area (Å²) in [6.45, 7) is 6.57. The second-order valence-electron chi connectivity index (χ2n) is 5.09. The number of amides is 1. The molecule has 2 rings (SSSR count). The van der Waals surface area contributed by atoms with E-state index in [1.54, 1.807) is 24.5 Å². The summed E-state index contributed by atoms with van der Waals surface area (Å²) in [5, 5.41) is 0. The van der Waals surface area contributed by atoms with Gasteiger partial charge >= 0.3 is 6.09 Å². The minimum absolute atomic E-state index is 0.137. The van der Waals surface area contributed by atoms with Crippen LogP contribution in [0.2, 0.25) is 0 Å². The second-order valence-corrected chi connectivity index (χ2v) is 5.09. The highest BCUT2D eigenvalue weighted by Crippen LogP contribution is 2.21. The first-order valence-corrected chi connectivity index (χ1v) is 6.54. The second kappa shape index (κ2) is 6.06. The standard InChI is InChI=1S/C13H21N3O3/c1-10(2)12-8-19-13(17)16(12)7-11-6-14-9-15(11)4-5-18-3/h6,9-10,12H,4-5,7-8H2,1-3H3/t12-/m1/s1. The molecular formula is C13H21N3O3. The average Bonchev–Trinajstić information content (AvgIpc) is 2.95. The predicted molar refractivity (Wildman–Crippen MR) is 69.6 cm³/mol. The summed E-state index contributed by atoms with van der Waals surface area (Å²) in [6, 6.07) is 0.137. The van der Waals surface area contributed by atoms with Crippen molar-refractivity contribution in [1.29, 1.82) is 0 Å². The monoisotopic (exact) mass is 267 g/mol. The zero-order valence-electron chi connectivity index (χ0n) is 11.7. The lowest BCUT2D eigenvalue weighted by Gasteiger charge is -2.24. The molecule has 0 N–H and O–H groups in total. The maximum Gasteiger partial charge on any atom is 0.410 e. The zero-order valence-corrected chi connectivity index (χ0v) is 11.7. The third-order valence-electron chi connectivity index (χ3n) is 3.45. The molecule has 1 aliphatic rings. The topological polar surface area (TPSA) is 56.6 Å². The van der Waals surface area contributed by atoms with Crippen molar-refractivity contribution < 1.29 is 14.3 Å². The van der Waals surface area contributed by atoms with Gasteiger partial charge in [0.2, 0.25) is 0 Å². The Balaban J connectivity index is 2.07. The van der Waals surface area contributed by atoms with Gasteiger partial charge in [-0.25, -0.2) is 9.78 Å². The molecule has 1 amide bonds. The summed E-state index contributed by atoms with van der Waals surface area (Å²) in [4.78, 5) is 17.7. The smallest absolute Gasteiger partial charge is 0.410 e. The van der Waals surface area contributed by atoms with E-state index in [9.17, 15) is 4.79 Å². The Morgan fingerprint density at radius 2 is 2.37 bits per heavy atom. The number of rotatable bonds is 6. The molecule has 0 spiro atoms. The molecule has 0 unspecified atom stereocenters. The molecule has 1 aromatic rings. The molecule has 19 heavy (non-hydrogen) atoms. The van der Waals surface area contributed by atoms with Crippen LogP contribution in [0.3, 0.4) is 0 Å². The van der Waals surface area contributed by atoms with Gasteiger partial charge in [-0.05, 0) is 5.92 Å². The maximum atomic E-state index is 11.8. The van der Waals surface area contributed by atoms with Crippen molar-refractivity contribution in [3.8, 4) is 0 Å². The van der Waals surface area contributed by atoms with Gasteiger partial charge < -0.3 is 14.0 Å². The lowest BCUT2D eigenvalue weighted by molar-refractivity contribution is 0.153. The average molecular weight is 267 g/mol. The van der Waals surface area contributed by atoms with Crippen molar-refractivity contribution in [1.82, 2.24) is 14.5 Å². The number of carbonyl (C=O) groups is 1. The van der Waals surface area contributed by atoms with Gasteiger partial charge in [0.25, 0.3) is 0 Å². The van der Waals surface area contributed by atoms with E-state index in [0.29, 0.717) is 25.7 Å². The van der Waals surface area contributed by atoms with Crippen molar-refractivity contribution in [3.63, 3.8) is 0 Å². The third kappa shape index (κ3) is 3.07. The van der Waals surface area contributed by atoms with Gasteiger partial charge in [0.05, 0.1) is 31.2 Å². The largest absolute Gasteiger partial charge is 0.447 e. The lowest BCUT2D eigenvalue weighted by atomic mass is 10.0. The Kier molecular flexibility index (Phi) is 4.42. The third-order valence-corrected chi connectivity index (χ3v) is 3.45. The molecule has 0 saturated carbocycles. The first-order chi connectivity index (χ1) is 9.13. The van der Waals surface area contributed by atoms with Crippen LogP contribution >= 0.6 is 0 Å². The minimum Gasteiger partial charge on any atom is -0.447 e. The Bertz CT molecular complexity index is 431. The van der Waals surface area contributed by atoms with Gasteiger partial charge in [0.15, 0.2) is 0 Å². The van der Waals surface area contributed by atoms with E-state index >= 15 is 0 Å². The van der Waals surface area contributed by atoms with Crippen LogP contribution in [0.25, 0.3) is 0 Å². The van der Waals surface area contributed by atoms with E-state index in [-0.39, 0.29) is 12.1 Å². The summed E-state index contributed by atoms with van der Waals surface area (Å²) < 4.78 is 12.2. The number of aromatic nitrogens is 2. The highest BCUT2D eigenvalue weighted by Gasteiger charge is 2.35. The molecule has 0 radical (unpaired) electrons. The first-order valence-electron chi connectivity index (χ1n) is 6.54. The van der Waals surface area contributed by atoms with Crippen LogP contribution in [0.4, 0.5) is 4.79 Å². The maximum absolute atomic E-state index is 11.8. The molecule has 0 bridgehead atoms. The number of nitrogens with zero attached hydrogens (tertiary/aromatic N) is 3. The van der Waals surface area contributed by atoms with E-state index in [1.807, 2.05) is 4.57 Å². The number of carbonyl (C=O) groups excluding carboxylic acids is 1. The molecule has 1 aromatic heterocycles. The van der Waals surface area contributed by atoms with Gasteiger partial charge in [0.1, 0.15) is 6.61 Å². The van der Waals surface area contributed by atoms with Crippen LogP contribution in [0.1, 0.15) is 19.5 Å². The summed E-state index contributed by atoms with van der Waals surface area (Å²) >= 11 is 0. The van der Waals surface area contributed by atoms with E-state index in [1.165, 1.54) is 0 Å². The Morgan fingerprint density at radius 1 is 1.58 bits per heavy atom. The first kappa shape index (κ1) is 13.9. The molecule has 1 atom stereocenters. The molecular weight excluding hydrogens is 246 g/mol. The molecule has 106 valence electrons. The van der Waals surface area contributed by atoms with Crippen LogP contribution < -0.4 is 0 Å². The molecule has 1 fully saturated rings.